The van der Waals surface area contributed by atoms with Gasteiger partial charge in [0.25, 0.3) is 0 Å². The maximum Gasteiger partial charge on any atom is 0.244 e. The summed E-state index contributed by atoms with van der Waals surface area (Å²) in [7, 11) is 0. The largest absolute Gasteiger partial charge is 0.378 e. The highest BCUT2D eigenvalue weighted by molar-refractivity contribution is 6.30. The van der Waals surface area contributed by atoms with E-state index in [1.807, 2.05) is 24.3 Å². The molecule has 7 heteroatoms. The third-order valence-electron chi connectivity index (χ3n) is 3.49. The van der Waals surface area contributed by atoms with E-state index in [2.05, 4.69) is 25.4 Å². The number of aromatic nitrogens is 3. The molecule has 6 nitrogen and oxygen atoms in total. The third-order valence-corrected chi connectivity index (χ3v) is 3.74. The summed E-state index contributed by atoms with van der Waals surface area (Å²) in [4.78, 5) is 6.66. The third kappa shape index (κ3) is 4.05. The molecule has 1 aliphatic rings. The molecule has 0 bridgehead atoms. The van der Waals surface area contributed by atoms with Crippen LogP contribution in [0, 0.1) is 0 Å². The lowest BCUT2D eigenvalue weighted by molar-refractivity contribution is 0.122. The maximum absolute atomic E-state index is 5.88. The molecule has 1 aromatic carbocycles. The molecule has 1 fully saturated rings. The summed E-state index contributed by atoms with van der Waals surface area (Å²) in [5.74, 6) is 1.39. The quantitative estimate of drug-likeness (QED) is 0.909. The number of nitrogens with one attached hydrogen (secondary N) is 1. The molecule has 1 saturated heterocycles. The fourth-order valence-electron chi connectivity index (χ4n) is 2.28. The van der Waals surface area contributed by atoms with E-state index < -0.39 is 0 Å². The van der Waals surface area contributed by atoms with Crippen LogP contribution in [-0.2, 0) is 11.2 Å². The Morgan fingerprint density at radius 3 is 2.73 bits per heavy atom. The van der Waals surface area contributed by atoms with Crippen molar-refractivity contribution in [2.75, 3.05) is 43.1 Å². The number of benzene rings is 1. The van der Waals surface area contributed by atoms with Gasteiger partial charge in [0.05, 0.1) is 19.4 Å². The first-order valence-electron chi connectivity index (χ1n) is 7.32. The van der Waals surface area contributed by atoms with Gasteiger partial charge in [0.1, 0.15) is 0 Å². The van der Waals surface area contributed by atoms with Gasteiger partial charge in [-0.1, -0.05) is 23.7 Å². The van der Waals surface area contributed by atoms with Crippen LogP contribution in [-0.4, -0.2) is 48.0 Å². The molecule has 0 radical (unpaired) electrons. The molecule has 2 aromatic rings. The van der Waals surface area contributed by atoms with Crippen LogP contribution in [0.15, 0.2) is 30.5 Å². The van der Waals surface area contributed by atoms with E-state index in [0.717, 1.165) is 50.1 Å². The van der Waals surface area contributed by atoms with Crippen LogP contribution >= 0.6 is 11.6 Å². The van der Waals surface area contributed by atoms with E-state index in [1.165, 1.54) is 5.56 Å². The van der Waals surface area contributed by atoms with Gasteiger partial charge < -0.3 is 15.0 Å². The Labute approximate surface area is 134 Å². The van der Waals surface area contributed by atoms with Gasteiger partial charge in [0.2, 0.25) is 5.95 Å². The minimum absolute atomic E-state index is 0.554. The van der Waals surface area contributed by atoms with Crippen LogP contribution in [0.5, 0.6) is 0 Å². The van der Waals surface area contributed by atoms with Gasteiger partial charge in [-0.15, -0.1) is 5.10 Å². The van der Waals surface area contributed by atoms with Crippen LogP contribution in [0.25, 0.3) is 0 Å². The molecular weight excluding hydrogens is 302 g/mol. The summed E-state index contributed by atoms with van der Waals surface area (Å²) in [6.07, 6.45) is 2.57. The predicted octanol–water partition coefficient (Wildman–Crippen LogP) is 2.02. The molecule has 22 heavy (non-hydrogen) atoms. The summed E-state index contributed by atoms with van der Waals surface area (Å²) in [6, 6.07) is 7.84. The smallest absolute Gasteiger partial charge is 0.244 e. The Bertz CT molecular complexity index is 601. The second kappa shape index (κ2) is 7.38. The lowest BCUT2D eigenvalue weighted by Crippen LogP contribution is -2.37. The standard InChI is InChI=1S/C15H18ClN5O/c16-13-3-1-12(2-4-13)5-6-17-15-19-14(11-18-20-15)21-7-9-22-10-8-21/h1-4,11H,5-10H2,(H,17,19,20). The Morgan fingerprint density at radius 1 is 1.18 bits per heavy atom. The molecule has 1 aromatic heterocycles. The summed E-state index contributed by atoms with van der Waals surface area (Å²) in [5.41, 5.74) is 1.22. The van der Waals surface area contributed by atoms with Crippen molar-refractivity contribution >= 4 is 23.4 Å². The van der Waals surface area contributed by atoms with Gasteiger partial charge in [0, 0.05) is 24.7 Å². The first-order chi connectivity index (χ1) is 10.8. The van der Waals surface area contributed by atoms with Crippen molar-refractivity contribution in [2.24, 2.45) is 0 Å². The van der Waals surface area contributed by atoms with E-state index in [-0.39, 0.29) is 0 Å². The highest BCUT2D eigenvalue weighted by atomic mass is 35.5. The Kier molecular flexibility index (Phi) is 5.03. The van der Waals surface area contributed by atoms with Crippen LogP contribution in [0.4, 0.5) is 11.8 Å². The molecule has 1 aliphatic heterocycles. The van der Waals surface area contributed by atoms with Gasteiger partial charge in [-0.2, -0.15) is 10.1 Å². The zero-order valence-corrected chi connectivity index (χ0v) is 13.0. The fourth-order valence-corrected chi connectivity index (χ4v) is 2.41. The van der Waals surface area contributed by atoms with Gasteiger partial charge in [-0.3, -0.25) is 0 Å². The van der Waals surface area contributed by atoms with Crippen molar-refractivity contribution in [2.45, 2.75) is 6.42 Å². The number of hydrogen-bond donors (Lipinski definition) is 1. The number of anilines is 2. The van der Waals surface area contributed by atoms with Crippen molar-refractivity contribution in [1.82, 2.24) is 15.2 Å². The molecule has 1 N–H and O–H groups in total. The van der Waals surface area contributed by atoms with Gasteiger partial charge in [-0.05, 0) is 24.1 Å². The normalized spacial score (nSPS) is 14.9. The minimum Gasteiger partial charge on any atom is -0.378 e. The second-order valence-electron chi connectivity index (χ2n) is 5.04. The average molecular weight is 320 g/mol. The van der Waals surface area contributed by atoms with Crippen LogP contribution < -0.4 is 10.2 Å². The number of ether oxygens (including phenoxy) is 1. The van der Waals surface area contributed by atoms with Crippen molar-refractivity contribution in [3.8, 4) is 0 Å². The van der Waals surface area contributed by atoms with Crippen molar-refractivity contribution < 1.29 is 4.74 Å². The molecule has 2 heterocycles. The molecule has 0 atom stereocenters. The van der Waals surface area contributed by atoms with E-state index in [4.69, 9.17) is 16.3 Å². The van der Waals surface area contributed by atoms with Gasteiger partial charge in [0.15, 0.2) is 5.82 Å². The number of hydrogen-bond acceptors (Lipinski definition) is 6. The molecule has 0 unspecified atom stereocenters. The number of nitrogens with zero attached hydrogens (tertiary/aromatic N) is 4. The maximum atomic E-state index is 5.88. The average Bonchev–Trinajstić information content (AvgIpc) is 2.58. The molecule has 0 saturated carbocycles. The summed E-state index contributed by atoms with van der Waals surface area (Å²) >= 11 is 5.88. The molecule has 0 aliphatic carbocycles. The van der Waals surface area contributed by atoms with Crippen LogP contribution in [0.2, 0.25) is 5.02 Å². The molecular formula is C15H18ClN5O. The van der Waals surface area contributed by atoms with Crippen molar-refractivity contribution in [3.05, 3.63) is 41.0 Å². The number of rotatable bonds is 5. The first kappa shape index (κ1) is 15.0. The molecule has 0 amide bonds. The second-order valence-corrected chi connectivity index (χ2v) is 5.48. The van der Waals surface area contributed by atoms with Crippen molar-refractivity contribution in [3.63, 3.8) is 0 Å². The Morgan fingerprint density at radius 2 is 1.95 bits per heavy atom. The van der Waals surface area contributed by atoms with Crippen LogP contribution in [0.1, 0.15) is 5.56 Å². The fraction of sp³-hybridized carbons (Fsp3) is 0.400. The SMILES string of the molecule is Clc1ccc(CCNc2nncc(N3CCOCC3)n2)cc1. The van der Waals surface area contributed by atoms with E-state index >= 15 is 0 Å². The monoisotopic (exact) mass is 319 g/mol. The lowest BCUT2D eigenvalue weighted by Gasteiger charge is -2.27. The Balaban J connectivity index is 1.55. The highest BCUT2D eigenvalue weighted by Gasteiger charge is 2.13. The van der Waals surface area contributed by atoms with Gasteiger partial charge >= 0.3 is 0 Å². The number of halogens is 1. The van der Waals surface area contributed by atoms with Crippen LogP contribution in [0.3, 0.4) is 0 Å². The highest BCUT2D eigenvalue weighted by Crippen LogP contribution is 2.13. The molecule has 0 spiro atoms. The van der Waals surface area contributed by atoms with E-state index in [0.29, 0.717) is 5.95 Å². The lowest BCUT2D eigenvalue weighted by atomic mass is 10.1. The summed E-state index contributed by atoms with van der Waals surface area (Å²) in [5, 5.41) is 12.0. The zero-order valence-electron chi connectivity index (χ0n) is 12.2. The summed E-state index contributed by atoms with van der Waals surface area (Å²) < 4.78 is 5.34. The minimum atomic E-state index is 0.554. The predicted molar refractivity (Wildman–Crippen MR) is 86.5 cm³/mol. The molecule has 116 valence electrons. The first-order valence-corrected chi connectivity index (χ1v) is 7.70. The summed E-state index contributed by atoms with van der Waals surface area (Å²) in [6.45, 7) is 3.87. The topological polar surface area (TPSA) is 63.2 Å². The number of morpholine rings is 1. The van der Waals surface area contributed by atoms with E-state index in [9.17, 15) is 0 Å². The van der Waals surface area contributed by atoms with Gasteiger partial charge in [-0.25, -0.2) is 0 Å². The molecule has 3 rings (SSSR count). The Hall–Kier alpha value is -1.92. The van der Waals surface area contributed by atoms with E-state index in [1.54, 1.807) is 6.20 Å². The zero-order chi connectivity index (χ0) is 15.2. The van der Waals surface area contributed by atoms with Crippen molar-refractivity contribution in [1.29, 1.82) is 0 Å².